The fourth-order valence-electron chi connectivity index (χ4n) is 2.19. The van der Waals surface area contributed by atoms with Crippen molar-refractivity contribution in [3.63, 3.8) is 0 Å². The van der Waals surface area contributed by atoms with E-state index in [1.54, 1.807) is 0 Å². The minimum atomic E-state index is 0.209. The number of hydrogen-bond donors (Lipinski definition) is 0. The summed E-state index contributed by atoms with van der Waals surface area (Å²) in [6.45, 7) is 4.28. The fourth-order valence-corrected chi connectivity index (χ4v) is 2.19. The molecule has 70 valence electrons. The Kier molecular flexibility index (Phi) is 2.10. The lowest BCUT2D eigenvalue weighted by Crippen LogP contribution is -2.18. The molecular weight excluding hydrogens is 160 g/mol. The number of ketones is 1. The molecule has 1 nitrogen and oxygen atoms in total. The van der Waals surface area contributed by atoms with E-state index in [4.69, 9.17) is 0 Å². The number of fused-ring (bicyclic) bond motifs is 1. The predicted molar refractivity (Wildman–Crippen MR) is 53.4 cm³/mol. The molecule has 0 fully saturated rings. The maximum Gasteiger partial charge on any atom is 0.159 e. The Bertz CT molecular complexity index is 296. The normalized spacial score (nSPS) is 33.5. The molecule has 0 bridgehead atoms. The molecule has 2 aliphatic rings. The molecule has 13 heavy (non-hydrogen) atoms. The van der Waals surface area contributed by atoms with Gasteiger partial charge in [0.15, 0.2) is 5.78 Å². The average Bonchev–Trinajstić information content (AvgIpc) is 2.08. The van der Waals surface area contributed by atoms with E-state index in [1.165, 1.54) is 17.6 Å². The lowest BCUT2D eigenvalue weighted by molar-refractivity contribution is -0.118. The summed E-state index contributed by atoms with van der Waals surface area (Å²) in [4.78, 5) is 11.4. The van der Waals surface area contributed by atoms with Crippen LogP contribution >= 0.6 is 0 Å². The van der Waals surface area contributed by atoms with E-state index >= 15 is 0 Å². The standard InChI is InChI=1S/C12H16O/c1-8-3-4-10-7-12(13)9(2)6-11(10)5-8/h5,7-9H,3-4,6H2,1-2H3. The first kappa shape index (κ1) is 8.74. The Balaban J connectivity index is 2.32. The van der Waals surface area contributed by atoms with E-state index in [2.05, 4.69) is 13.0 Å². The highest BCUT2D eigenvalue weighted by Crippen LogP contribution is 2.35. The molecule has 0 saturated carbocycles. The second-order valence-electron chi connectivity index (χ2n) is 4.38. The first-order valence-corrected chi connectivity index (χ1v) is 5.12. The van der Waals surface area contributed by atoms with Crippen molar-refractivity contribution in [1.29, 1.82) is 0 Å². The van der Waals surface area contributed by atoms with Crippen molar-refractivity contribution in [2.45, 2.75) is 33.1 Å². The van der Waals surface area contributed by atoms with Gasteiger partial charge in [-0.1, -0.05) is 19.9 Å². The summed E-state index contributed by atoms with van der Waals surface area (Å²) < 4.78 is 0. The monoisotopic (exact) mass is 176 g/mol. The van der Waals surface area contributed by atoms with Crippen molar-refractivity contribution >= 4 is 5.78 Å². The molecule has 2 rings (SSSR count). The third-order valence-corrected chi connectivity index (χ3v) is 3.10. The van der Waals surface area contributed by atoms with Crippen molar-refractivity contribution in [1.82, 2.24) is 0 Å². The van der Waals surface area contributed by atoms with Crippen LogP contribution in [0.3, 0.4) is 0 Å². The van der Waals surface area contributed by atoms with Gasteiger partial charge in [-0.05, 0) is 42.4 Å². The topological polar surface area (TPSA) is 17.1 Å². The van der Waals surface area contributed by atoms with E-state index in [1.807, 2.05) is 13.0 Å². The van der Waals surface area contributed by atoms with Crippen LogP contribution in [-0.2, 0) is 4.79 Å². The maximum absolute atomic E-state index is 11.4. The molecule has 0 heterocycles. The van der Waals surface area contributed by atoms with Gasteiger partial charge in [0.05, 0.1) is 0 Å². The Morgan fingerprint density at radius 3 is 2.85 bits per heavy atom. The smallest absolute Gasteiger partial charge is 0.159 e. The molecule has 0 aromatic rings. The third-order valence-electron chi connectivity index (χ3n) is 3.10. The second kappa shape index (κ2) is 3.13. The van der Waals surface area contributed by atoms with E-state index < -0.39 is 0 Å². The lowest BCUT2D eigenvalue weighted by atomic mass is 9.78. The number of hydrogen-bond acceptors (Lipinski definition) is 1. The van der Waals surface area contributed by atoms with Gasteiger partial charge >= 0.3 is 0 Å². The first-order valence-electron chi connectivity index (χ1n) is 5.12. The summed E-state index contributed by atoms with van der Waals surface area (Å²) in [5.41, 5.74) is 2.74. The van der Waals surface area contributed by atoms with Crippen LogP contribution in [0.1, 0.15) is 33.1 Å². The summed E-state index contributed by atoms with van der Waals surface area (Å²) >= 11 is 0. The summed E-state index contributed by atoms with van der Waals surface area (Å²) in [6.07, 6.45) is 7.49. The van der Waals surface area contributed by atoms with Crippen molar-refractivity contribution in [3.8, 4) is 0 Å². The Hall–Kier alpha value is -0.850. The largest absolute Gasteiger partial charge is 0.295 e. The molecule has 0 saturated heterocycles. The summed E-state index contributed by atoms with van der Waals surface area (Å²) in [5.74, 6) is 1.23. The van der Waals surface area contributed by atoms with E-state index in [0.29, 0.717) is 11.7 Å². The van der Waals surface area contributed by atoms with Gasteiger partial charge in [-0.3, -0.25) is 4.79 Å². The van der Waals surface area contributed by atoms with Crippen molar-refractivity contribution in [2.75, 3.05) is 0 Å². The van der Waals surface area contributed by atoms with Crippen LogP contribution in [-0.4, -0.2) is 5.78 Å². The zero-order valence-corrected chi connectivity index (χ0v) is 8.34. The van der Waals surface area contributed by atoms with Crippen LogP contribution < -0.4 is 0 Å². The van der Waals surface area contributed by atoms with Gasteiger partial charge in [0.1, 0.15) is 0 Å². The summed E-state index contributed by atoms with van der Waals surface area (Å²) in [7, 11) is 0. The first-order chi connectivity index (χ1) is 6.16. The third kappa shape index (κ3) is 1.60. The molecule has 2 unspecified atom stereocenters. The quantitative estimate of drug-likeness (QED) is 0.554. The summed E-state index contributed by atoms with van der Waals surface area (Å²) in [5, 5.41) is 0. The molecule has 0 N–H and O–H groups in total. The lowest BCUT2D eigenvalue weighted by Gasteiger charge is -2.26. The van der Waals surface area contributed by atoms with Crippen LogP contribution in [0.25, 0.3) is 0 Å². The molecular formula is C12H16O. The van der Waals surface area contributed by atoms with E-state index in [-0.39, 0.29) is 5.92 Å². The second-order valence-corrected chi connectivity index (χ2v) is 4.38. The van der Waals surface area contributed by atoms with Crippen molar-refractivity contribution < 1.29 is 4.79 Å². The SMILES string of the molecule is CC1C=C2CC(C)C(=O)C=C2CC1. The molecule has 0 spiro atoms. The van der Waals surface area contributed by atoms with Gasteiger partial charge in [-0.2, -0.15) is 0 Å². The maximum atomic E-state index is 11.4. The molecule has 0 aromatic carbocycles. The molecule has 0 aliphatic heterocycles. The van der Waals surface area contributed by atoms with Gasteiger partial charge in [0.2, 0.25) is 0 Å². The molecule has 0 radical (unpaired) electrons. The fraction of sp³-hybridized carbons (Fsp3) is 0.583. The van der Waals surface area contributed by atoms with Crippen LogP contribution in [0, 0.1) is 11.8 Å². The average molecular weight is 176 g/mol. The molecule has 2 aliphatic carbocycles. The van der Waals surface area contributed by atoms with Crippen LogP contribution in [0.5, 0.6) is 0 Å². The molecule has 1 heteroatoms. The molecule has 0 aromatic heterocycles. The molecule has 2 atom stereocenters. The van der Waals surface area contributed by atoms with E-state index in [0.717, 1.165) is 12.8 Å². The van der Waals surface area contributed by atoms with Crippen molar-refractivity contribution in [2.24, 2.45) is 11.8 Å². The van der Waals surface area contributed by atoms with Gasteiger partial charge in [0.25, 0.3) is 0 Å². The van der Waals surface area contributed by atoms with Crippen LogP contribution in [0.15, 0.2) is 23.3 Å². The number of allylic oxidation sites excluding steroid dienone is 4. The number of rotatable bonds is 0. The van der Waals surface area contributed by atoms with Gasteiger partial charge in [0, 0.05) is 5.92 Å². The van der Waals surface area contributed by atoms with Crippen LogP contribution in [0.2, 0.25) is 0 Å². The zero-order chi connectivity index (χ0) is 9.42. The highest BCUT2D eigenvalue weighted by Gasteiger charge is 2.24. The van der Waals surface area contributed by atoms with Crippen LogP contribution in [0.4, 0.5) is 0 Å². The predicted octanol–water partition coefficient (Wildman–Crippen LogP) is 2.88. The molecule has 0 amide bonds. The minimum Gasteiger partial charge on any atom is -0.295 e. The number of carbonyl (C=O) groups is 1. The van der Waals surface area contributed by atoms with E-state index in [9.17, 15) is 4.79 Å². The Labute approximate surface area is 79.5 Å². The van der Waals surface area contributed by atoms with Gasteiger partial charge in [-0.25, -0.2) is 0 Å². The van der Waals surface area contributed by atoms with Gasteiger partial charge in [-0.15, -0.1) is 0 Å². The highest BCUT2D eigenvalue weighted by atomic mass is 16.1. The minimum absolute atomic E-state index is 0.209. The van der Waals surface area contributed by atoms with Gasteiger partial charge < -0.3 is 0 Å². The number of carbonyl (C=O) groups excluding carboxylic acids is 1. The highest BCUT2D eigenvalue weighted by molar-refractivity contribution is 5.94. The Morgan fingerprint density at radius 1 is 1.31 bits per heavy atom. The van der Waals surface area contributed by atoms with Crippen molar-refractivity contribution in [3.05, 3.63) is 23.3 Å². The zero-order valence-electron chi connectivity index (χ0n) is 8.34. The summed E-state index contributed by atoms with van der Waals surface area (Å²) in [6, 6.07) is 0. The Morgan fingerprint density at radius 2 is 2.08 bits per heavy atom.